The first-order chi connectivity index (χ1) is 5.95. The van der Waals surface area contributed by atoms with Gasteiger partial charge in [-0.25, -0.2) is 0 Å². The van der Waals surface area contributed by atoms with Crippen molar-refractivity contribution >= 4 is 0 Å². The fourth-order valence-electron chi connectivity index (χ4n) is 1.06. The van der Waals surface area contributed by atoms with E-state index >= 15 is 0 Å². The Kier molecular flexibility index (Phi) is 1.90. The highest BCUT2D eigenvalue weighted by molar-refractivity contribution is 5.15. The largest absolute Gasteiger partial charge is 0.469 e. The Morgan fingerprint density at radius 1 is 1.33 bits per heavy atom. The van der Waals surface area contributed by atoms with E-state index in [-0.39, 0.29) is 0 Å². The second-order valence-corrected chi connectivity index (χ2v) is 2.53. The predicted molar refractivity (Wildman–Crippen MR) is 44.6 cm³/mol. The normalized spacial score (nSPS) is 10.0. The molecule has 2 rings (SSSR count). The third-order valence-corrected chi connectivity index (χ3v) is 1.61. The summed E-state index contributed by atoms with van der Waals surface area (Å²) in [5.41, 5.74) is 1.05. The monoisotopic (exact) mass is 158 g/mol. The Hall–Kier alpha value is -1.57. The van der Waals surface area contributed by atoms with Crippen molar-refractivity contribution in [3.8, 4) is 0 Å². The second kappa shape index (κ2) is 3.22. The zero-order valence-electron chi connectivity index (χ0n) is 6.53. The number of pyridine rings is 1. The van der Waals surface area contributed by atoms with Gasteiger partial charge in [-0.05, 0) is 23.8 Å². The number of rotatable bonds is 2. The molecule has 2 heteroatoms. The van der Waals surface area contributed by atoms with Gasteiger partial charge < -0.3 is 4.42 Å². The minimum Gasteiger partial charge on any atom is -0.469 e. The van der Waals surface area contributed by atoms with Crippen molar-refractivity contribution < 1.29 is 4.42 Å². The predicted octanol–water partition coefficient (Wildman–Crippen LogP) is 2.07. The SMILES string of the molecule is [c]1ncccc1Cc1ccco1. The van der Waals surface area contributed by atoms with Gasteiger partial charge in [0.2, 0.25) is 0 Å². The van der Waals surface area contributed by atoms with Crippen LogP contribution in [0.4, 0.5) is 0 Å². The molecule has 0 aliphatic carbocycles. The van der Waals surface area contributed by atoms with Crippen molar-refractivity contribution in [2.24, 2.45) is 0 Å². The lowest BCUT2D eigenvalue weighted by molar-refractivity contribution is 0.520. The van der Waals surface area contributed by atoms with E-state index in [1.807, 2.05) is 24.3 Å². The number of furan rings is 1. The van der Waals surface area contributed by atoms with Crippen molar-refractivity contribution in [3.05, 3.63) is 54.2 Å². The molecule has 0 aliphatic rings. The topological polar surface area (TPSA) is 26.0 Å². The number of nitrogens with zero attached hydrogens (tertiary/aromatic N) is 1. The van der Waals surface area contributed by atoms with E-state index in [0.717, 1.165) is 17.7 Å². The van der Waals surface area contributed by atoms with Crippen LogP contribution >= 0.6 is 0 Å². The average molecular weight is 158 g/mol. The molecule has 12 heavy (non-hydrogen) atoms. The summed E-state index contributed by atoms with van der Waals surface area (Å²) in [6.07, 6.45) is 7.05. The Labute approximate surface area is 70.9 Å². The van der Waals surface area contributed by atoms with Gasteiger partial charge in [0.25, 0.3) is 0 Å². The van der Waals surface area contributed by atoms with Crippen LogP contribution in [0.3, 0.4) is 0 Å². The molecule has 2 aromatic rings. The van der Waals surface area contributed by atoms with Gasteiger partial charge >= 0.3 is 0 Å². The molecule has 0 spiro atoms. The first kappa shape index (κ1) is 7.10. The molecule has 0 unspecified atom stereocenters. The number of aromatic nitrogens is 1. The molecule has 0 fully saturated rings. The Morgan fingerprint density at radius 2 is 2.33 bits per heavy atom. The molecule has 0 aromatic carbocycles. The number of hydrogen-bond donors (Lipinski definition) is 0. The molecule has 0 aliphatic heterocycles. The highest BCUT2D eigenvalue weighted by atomic mass is 16.3. The molecule has 2 nitrogen and oxygen atoms in total. The third kappa shape index (κ3) is 1.53. The van der Waals surface area contributed by atoms with Gasteiger partial charge in [0.15, 0.2) is 0 Å². The molecule has 2 heterocycles. The van der Waals surface area contributed by atoms with Crippen molar-refractivity contribution in [1.29, 1.82) is 0 Å². The highest BCUT2D eigenvalue weighted by Crippen LogP contribution is 2.07. The van der Waals surface area contributed by atoms with Crippen molar-refractivity contribution in [3.63, 3.8) is 0 Å². The second-order valence-electron chi connectivity index (χ2n) is 2.53. The summed E-state index contributed by atoms with van der Waals surface area (Å²) in [7, 11) is 0. The Bertz CT molecular complexity index is 326. The van der Waals surface area contributed by atoms with E-state index in [2.05, 4.69) is 11.2 Å². The van der Waals surface area contributed by atoms with E-state index in [9.17, 15) is 0 Å². The minimum absolute atomic E-state index is 0.765. The smallest absolute Gasteiger partial charge is 0.108 e. The molecule has 2 aromatic heterocycles. The molecule has 0 saturated carbocycles. The van der Waals surface area contributed by atoms with Gasteiger partial charge in [-0.3, -0.25) is 4.98 Å². The lowest BCUT2D eigenvalue weighted by atomic mass is 10.2. The van der Waals surface area contributed by atoms with E-state index in [4.69, 9.17) is 4.42 Å². The van der Waals surface area contributed by atoms with Gasteiger partial charge in [-0.15, -0.1) is 0 Å². The summed E-state index contributed by atoms with van der Waals surface area (Å²) >= 11 is 0. The Morgan fingerprint density at radius 3 is 3.00 bits per heavy atom. The molecule has 0 amide bonds. The third-order valence-electron chi connectivity index (χ3n) is 1.61. The summed E-state index contributed by atoms with van der Waals surface area (Å²) in [5, 5.41) is 0. The van der Waals surface area contributed by atoms with Gasteiger partial charge in [-0.2, -0.15) is 0 Å². The van der Waals surface area contributed by atoms with Crippen LogP contribution in [-0.2, 0) is 6.42 Å². The van der Waals surface area contributed by atoms with Crippen molar-refractivity contribution in [1.82, 2.24) is 4.98 Å². The highest BCUT2D eigenvalue weighted by Gasteiger charge is 1.97. The quantitative estimate of drug-likeness (QED) is 0.668. The summed E-state index contributed by atoms with van der Waals surface area (Å²) in [5.74, 6) is 0.944. The first-order valence-corrected chi connectivity index (χ1v) is 3.79. The summed E-state index contributed by atoms with van der Waals surface area (Å²) < 4.78 is 5.19. The van der Waals surface area contributed by atoms with E-state index in [1.165, 1.54) is 0 Å². The standard InChI is InChI=1S/C10H8NO/c1-3-9(8-11-5-1)7-10-4-2-6-12-10/h1-6H,7H2. The van der Waals surface area contributed by atoms with Crippen LogP contribution in [-0.4, -0.2) is 4.98 Å². The zero-order valence-corrected chi connectivity index (χ0v) is 6.53. The van der Waals surface area contributed by atoms with Gasteiger partial charge in [-0.1, -0.05) is 6.07 Å². The van der Waals surface area contributed by atoms with Crippen LogP contribution < -0.4 is 0 Å². The van der Waals surface area contributed by atoms with Crippen molar-refractivity contribution in [2.75, 3.05) is 0 Å². The van der Waals surface area contributed by atoms with Crippen LogP contribution in [0.25, 0.3) is 0 Å². The number of hydrogen-bond acceptors (Lipinski definition) is 2. The maximum absolute atomic E-state index is 5.19. The van der Waals surface area contributed by atoms with Crippen LogP contribution in [0.15, 0.2) is 41.1 Å². The molecular weight excluding hydrogens is 150 g/mol. The molecular formula is C10H8NO. The van der Waals surface area contributed by atoms with Gasteiger partial charge in [0.05, 0.1) is 12.5 Å². The van der Waals surface area contributed by atoms with E-state index in [1.54, 1.807) is 12.5 Å². The van der Waals surface area contributed by atoms with Crippen LogP contribution in [0.1, 0.15) is 11.3 Å². The first-order valence-electron chi connectivity index (χ1n) is 3.79. The molecule has 0 atom stereocenters. The fraction of sp³-hybridized carbons (Fsp3) is 0.100. The van der Waals surface area contributed by atoms with Crippen molar-refractivity contribution in [2.45, 2.75) is 6.42 Å². The summed E-state index contributed by atoms with van der Waals surface area (Å²) in [6.45, 7) is 0. The lowest BCUT2D eigenvalue weighted by Crippen LogP contribution is -1.85. The Balaban J connectivity index is 2.15. The van der Waals surface area contributed by atoms with E-state index in [0.29, 0.717) is 0 Å². The maximum Gasteiger partial charge on any atom is 0.108 e. The van der Waals surface area contributed by atoms with Crippen LogP contribution in [0.2, 0.25) is 0 Å². The van der Waals surface area contributed by atoms with Gasteiger partial charge in [0.1, 0.15) is 5.76 Å². The zero-order chi connectivity index (χ0) is 8.23. The summed E-state index contributed by atoms with van der Waals surface area (Å²) in [6, 6.07) is 7.71. The van der Waals surface area contributed by atoms with Crippen LogP contribution in [0, 0.1) is 6.20 Å². The lowest BCUT2D eigenvalue weighted by Gasteiger charge is -1.94. The molecule has 0 bridgehead atoms. The van der Waals surface area contributed by atoms with E-state index < -0.39 is 0 Å². The minimum atomic E-state index is 0.765. The fourth-order valence-corrected chi connectivity index (χ4v) is 1.06. The molecule has 0 saturated heterocycles. The average Bonchev–Trinajstić information content (AvgIpc) is 2.59. The summed E-state index contributed by atoms with van der Waals surface area (Å²) in [4.78, 5) is 3.90. The molecule has 1 radical (unpaired) electrons. The van der Waals surface area contributed by atoms with Gasteiger partial charge in [0, 0.05) is 12.6 Å². The van der Waals surface area contributed by atoms with Crippen LogP contribution in [0.5, 0.6) is 0 Å². The maximum atomic E-state index is 5.19. The molecule has 59 valence electrons. The molecule has 0 N–H and O–H groups in total.